The fraction of sp³-hybridized carbons (Fsp3) is 0.357. The Hall–Kier alpha value is -3.12. The van der Waals surface area contributed by atoms with E-state index in [9.17, 15) is 9.59 Å². The first kappa shape index (κ1) is 25.5. The highest BCUT2D eigenvalue weighted by Gasteiger charge is 2.16. The van der Waals surface area contributed by atoms with Crippen molar-refractivity contribution in [3.63, 3.8) is 0 Å². The molecular formula is C28H33NO4S. The van der Waals surface area contributed by atoms with Crippen molar-refractivity contribution in [3.8, 4) is 22.6 Å². The minimum atomic E-state index is -0.160. The van der Waals surface area contributed by atoms with Gasteiger partial charge in [0.15, 0.2) is 17.3 Å². The summed E-state index contributed by atoms with van der Waals surface area (Å²) in [6, 6.07) is 17.4. The number of amides is 1. The smallest absolute Gasteiger partial charge is 0.225 e. The average Bonchev–Trinajstić information content (AvgIpc) is 3.25. The second-order valence-corrected chi connectivity index (χ2v) is 9.05. The van der Waals surface area contributed by atoms with Gasteiger partial charge in [-0.3, -0.25) is 9.59 Å². The first-order chi connectivity index (χ1) is 16.5. The molecule has 0 atom stereocenters. The van der Waals surface area contributed by atoms with Gasteiger partial charge in [0.05, 0.1) is 18.2 Å². The van der Waals surface area contributed by atoms with Crippen molar-refractivity contribution in [2.75, 3.05) is 18.5 Å². The third-order valence-corrected chi connectivity index (χ3v) is 6.47. The number of aryl methyl sites for hydroxylation is 1. The molecule has 0 spiro atoms. The first-order valence-electron chi connectivity index (χ1n) is 12.0. The molecule has 3 rings (SSSR count). The summed E-state index contributed by atoms with van der Waals surface area (Å²) in [5.74, 6) is 0.905. The summed E-state index contributed by atoms with van der Waals surface area (Å²) in [6.07, 6.45) is 3.46. The fourth-order valence-electron chi connectivity index (χ4n) is 3.67. The summed E-state index contributed by atoms with van der Waals surface area (Å²) in [6.45, 7) is 6.96. The van der Waals surface area contributed by atoms with E-state index in [1.807, 2.05) is 38.1 Å². The maximum Gasteiger partial charge on any atom is 0.225 e. The van der Waals surface area contributed by atoms with Gasteiger partial charge >= 0.3 is 0 Å². The van der Waals surface area contributed by atoms with E-state index in [4.69, 9.17) is 9.47 Å². The number of carbonyl (C=O) groups is 2. The molecule has 0 saturated carbocycles. The number of unbranched alkanes of at least 4 members (excludes halogenated alkanes) is 1. The molecule has 6 heteroatoms. The van der Waals surface area contributed by atoms with Crippen LogP contribution in [0.25, 0.3) is 11.1 Å². The number of anilines is 1. The Kier molecular flexibility index (Phi) is 9.71. The minimum absolute atomic E-state index is 0.0982. The number of ketones is 1. The number of benzene rings is 2. The van der Waals surface area contributed by atoms with Gasteiger partial charge < -0.3 is 14.8 Å². The van der Waals surface area contributed by atoms with Crippen LogP contribution in [-0.2, 0) is 11.2 Å². The zero-order chi connectivity index (χ0) is 24.3. The third kappa shape index (κ3) is 6.94. The SMILES string of the molecule is CCCCc1sc(NC(=O)CCC(=O)c2ccc(OCC)c(OCC)c2)cc1-c1ccccc1. The van der Waals surface area contributed by atoms with Crippen LogP contribution >= 0.6 is 11.3 Å². The number of ether oxygens (including phenoxy) is 2. The van der Waals surface area contributed by atoms with Gasteiger partial charge in [0.25, 0.3) is 0 Å². The molecule has 1 aromatic heterocycles. The fourth-order valence-corrected chi connectivity index (χ4v) is 4.81. The van der Waals surface area contributed by atoms with Crippen LogP contribution in [0.15, 0.2) is 54.6 Å². The lowest BCUT2D eigenvalue weighted by Gasteiger charge is -2.12. The number of carbonyl (C=O) groups excluding carboxylic acids is 2. The summed E-state index contributed by atoms with van der Waals surface area (Å²) in [5, 5.41) is 3.82. The molecule has 0 aliphatic rings. The molecule has 1 heterocycles. The molecule has 0 unspecified atom stereocenters. The number of hydrogen-bond acceptors (Lipinski definition) is 5. The zero-order valence-electron chi connectivity index (χ0n) is 20.2. The molecule has 180 valence electrons. The van der Waals surface area contributed by atoms with Crippen molar-refractivity contribution in [3.05, 3.63) is 65.0 Å². The van der Waals surface area contributed by atoms with E-state index < -0.39 is 0 Å². The molecule has 1 amide bonds. The molecule has 5 nitrogen and oxygen atoms in total. The largest absolute Gasteiger partial charge is 0.490 e. The van der Waals surface area contributed by atoms with Crippen molar-refractivity contribution in [1.82, 2.24) is 0 Å². The Morgan fingerprint density at radius 3 is 2.32 bits per heavy atom. The monoisotopic (exact) mass is 479 g/mol. The van der Waals surface area contributed by atoms with Gasteiger partial charge in [0.1, 0.15) is 0 Å². The predicted octanol–water partition coefficient (Wildman–Crippen LogP) is 7.16. The van der Waals surface area contributed by atoms with Gasteiger partial charge in [-0.25, -0.2) is 0 Å². The average molecular weight is 480 g/mol. The Bertz CT molecular complexity index is 1090. The maximum atomic E-state index is 12.7. The molecule has 2 aromatic carbocycles. The number of thiophene rings is 1. The summed E-state index contributed by atoms with van der Waals surface area (Å²) in [5.41, 5.74) is 2.84. The lowest BCUT2D eigenvalue weighted by Crippen LogP contribution is -2.13. The van der Waals surface area contributed by atoms with Crippen LogP contribution < -0.4 is 14.8 Å². The number of hydrogen-bond donors (Lipinski definition) is 1. The molecule has 34 heavy (non-hydrogen) atoms. The lowest BCUT2D eigenvalue weighted by atomic mass is 10.0. The van der Waals surface area contributed by atoms with E-state index in [1.165, 1.54) is 10.4 Å². The summed E-state index contributed by atoms with van der Waals surface area (Å²) in [4.78, 5) is 26.6. The standard InChI is InChI=1S/C28H33NO4S/c1-4-7-13-26-22(20-11-9-8-10-12-20)19-28(34-26)29-27(31)17-15-23(30)21-14-16-24(32-5-2)25(18-21)33-6-3/h8-12,14,16,18-19H,4-7,13,15,17H2,1-3H3,(H,29,31). The molecule has 0 radical (unpaired) electrons. The topological polar surface area (TPSA) is 64.6 Å². The first-order valence-corrected chi connectivity index (χ1v) is 12.8. The van der Waals surface area contributed by atoms with E-state index in [0.29, 0.717) is 30.3 Å². The second kappa shape index (κ2) is 12.9. The molecule has 0 saturated heterocycles. The van der Waals surface area contributed by atoms with Crippen molar-refractivity contribution < 1.29 is 19.1 Å². The van der Waals surface area contributed by atoms with Gasteiger partial charge in [-0.05, 0) is 62.1 Å². The van der Waals surface area contributed by atoms with Gasteiger partial charge in [-0.1, -0.05) is 43.7 Å². The van der Waals surface area contributed by atoms with Crippen LogP contribution in [-0.4, -0.2) is 24.9 Å². The van der Waals surface area contributed by atoms with Gasteiger partial charge in [0, 0.05) is 23.3 Å². The van der Waals surface area contributed by atoms with Crippen LogP contribution in [0.2, 0.25) is 0 Å². The Balaban J connectivity index is 1.64. The molecular weight excluding hydrogens is 446 g/mol. The van der Waals surface area contributed by atoms with Crippen molar-refractivity contribution in [1.29, 1.82) is 0 Å². The number of rotatable bonds is 13. The Morgan fingerprint density at radius 1 is 0.882 bits per heavy atom. The highest BCUT2D eigenvalue weighted by atomic mass is 32.1. The van der Waals surface area contributed by atoms with E-state index in [-0.39, 0.29) is 24.5 Å². The normalized spacial score (nSPS) is 10.7. The molecule has 1 N–H and O–H groups in total. The molecule has 3 aromatic rings. The predicted molar refractivity (Wildman–Crippen MR) is 139 cm³/mol. The molecule has 0 fully saturated rings. The molecule has 0 aliphatic heterocycles. The Labute approximate surface area is 206 Å². The molecule has 0 bridgehead atoms. The number of Topliss-reactive ketones (excluding diaryl/α,β-unsaturated/α-hetero) is 1. The third-order valence-electron chi connectivity index (χ3n) is 5.36. The van der Waals surface area contributed by atoms with E-state index in [0.717, 1.165) is 29.8 Å². The van der Waals surface area contributed by atoms with Crippen molar-refractivity contribution in [2.24, 2.45) is 0 Å². The van der Waals surface area contributed by atoms with Crippen LogP contribution in [0.5, 0.6) is 11.5 Å². The number of nitrogens with one attached hydrogen (secondary N) is 1. The van der Waals surface area contributed by atoms with Crippen LogP contribution in [0.1, 0.15) is 61.7 Å². The van der Waals surface area contributed by atoms with Gasteiger partial charge in [-0.15, -0.1) is 11.3 Å². The summed E-state index contributed by atoms with van der Waals surface area (Å²) >= 11 is 1.62. The van der Waals surface area contributed by atoms with Gasteiger partial charge in [0.2, 0.25) is 5.91 Å². The van der Waals surface area contributed by atoms with Crippen LogP contribution in [0.3, 0.4) is 0 Å². The zero-order valence-corrected chi connectivity index (χ0v) is 21.0. The highest BCUT2D eigenvalue weighted by Crippen LogP contribution is 2.36. The van der Waals surface area contributed by atoms with Crippen molar-refractivity contribution >= 4 is 28.0 Å². The summed E-state index contributed by atoms with van der Waals surface area (Å²) in [7, 11) is 0. The van der Waals surface area contributed by atoms with E-state index in [2.05, 4.69) is 24.4 Å². The van der Waals surface area contributed by atoms with Gasteiger partial charge in [-0.2, -0.15) is 0 Å². The van der Waals surface area contributed by atoms with E-state index in [1.54, 1.807) is 29.5 Å². The highest BCUT2D eigenvalue weighted by molar-refractivity contribution is 7.16. The quantitative estimate of drug-likeness (QED) is 0.264. The lowest BCUT2D eigenvalue weighted by molar-refractivity contribution is -0.116. The van der Waals surface area contributed by atoms with Crippen LogP contribution in [0, 0.1) is 0 Å². The second-order valence-electron chi connectivity index (χ2n) is 7.92. The summed E-state index contributed by atoms with van der Waals surface area (Å²) < 4.78 is 11.2. The van der Waals surface area contributed by atoms with Crippen LogP contribution in [0.4, 0.5) is 5.00 Å². The maximum absolute atomic E-state index is 12.7. The minimum Gasteiger partial charge on any atom is -0.490 e. The van der Waals surface area contributed by atoms with E-state index >= 15 is 0 Å². The Morgan fingerprint density at radius 2 is 1.62 bits per heavy atom. The van der Waals surface area contributed by atoms with Crippen molar-refractivity contribution in [2.45, 2.75) is 52.9 Å². The molecule has 0 aliphatic carbocycles.